The summed E-state index contributed by atoms with van der Waals surface area (Å²) >= 11 is 0. The Balaban J connectivity index is 2.86. The molecule has 5 heteroatoms. The van der Waals surface area contributed by atoms with E-state index in [2.05, 4.69) is 5.32 Å². The van der Waals surface area contributed by atoms with E-state index >= 15 is 0 Å². The Morgan fingerprint density at radius 1 is 1.39 bits per heavy atom. The summed E-state index contributed by atoms with van der Waals surface area (Å²) in [6.07, 6.45) is 0. The van der Waals surface area contributed by atoms with Crippen LogP contribution in [0.5, 0.6) is 0 Å². The molecule has 18 heavy (non-hydrogen) atoms. The Morgan fingerprint density at radius 2 is 2.11 bits per heavy atom. The molecule has 2 rings (SSSR count). The van der Waals surface area contributed by atoms with Gasteiger partial charge in [-0.15, -0.1) is 0 Å². The van der Waals surface area contributed by atoms with E-state index in [9.17, 15) is 14.0 Å². The standard InChI is InChI=1S/C13H13FN2O2/c1-3-16-11(12(17)15-2)7-8-6-9(14)4-5-10(8)13(16)18/h4-7H,3H2,1-2H3,(H,15,17). The van der Waals surface area contributed by atoms with Gasteiger partial charge < -0.3 is 9.88 Å². The van der Waals surface area contributed by atoms with Crippen LogP contribution >= 0.6 is 0 Å². The number of hydrogen-bond donors (Lipinski definition) is 1. The normalized spacial score (nSPS) is 10.6. The topological polar surface area (TPSA) is 51.1 Å². The van der Waals surface area contributed by atoms with E-state index in [0.29, 0.717) is 17.3 Å². The number of fused-ring (bicyclic) bond motifs is 1. The largest absolute Gasteiger partial charge is 0.354 e. The van der Waals surface area contributed by atoms with Gasteiger partial charge >= 0.3 is 0 Å². The van der Waals surface area contributed by atoms with Crippen LogP contribution in [0.25, 0.3) is 10.8 Å². The smallest absolute Gasteiger partial charge is 0.267 e. The fraction of sp³-hybridized carbons (Fsp3) is 0.231. The minimum Gasteiger partial charge on any atom is -0.354 e. The number of carbonyl (C=O) groups excluding carboxylic acids is 1. The summed E-state index contributed by atoms with van der Waals surface area (Å²) in [4.78, 5) is 23.9. The maximum Gasteiger partial charge on any atom is 0.267 e. The molecule has 0 bridgehead atoms. The highest BCUT2D eigenvalue weighted by Crippen LogP contribution is 2.14. The summed E-state index contributed by atoms with van der Waals surface area (Å²) in [6, 6.07) is 5.46. The minimum atomic E-state index is -0.431. The first kappa shape index (κ1) is 12.3. The molecule has 1 heterocycles. The average Bonchev–Trinajstić information content (AvgIpc) is 2.37. The van der Waals surface area contributed by atoms with Crippen LogP contribution in [-0.4, -0.2) is 17.5 Å². The van der Waals surface area contributed by atoms with Crippen molar-refractivity contribution in [3.05, 3.63) is 46.1 Å². The number of halogens is 1. The molecule has 1 aromatic carbocycles. The molecule has 2 aromatic rings. The maximum absolute atomic E-state index is 13.2. The minimum absolute atomic E-state index is 0.239. The molecule has 0 radical (unpaired) electrons. The van der Waals surface area contributed by atoms with Gasteiger partial charge in [0.05, 0.1) is 0 Å². The molecule has 0 unspecified atom stereocenters. The number of pyridine rings is 1. The lowest BCUT2D eigenvalue weighted by atomic mass is 10.1. The van der Waals surface area contributed by atoms with Gasteiger partial charge in [0.2, 0.25) is 0 Å². The van der Waals surface area contributed by atoms with Gasteiger partial charge in [-0.1, -0.05) is 0 Å². The van der Waals surface area contributed by atoms with Crippen molar-refractivity contribution < 1.29 is 9.18 Å². The number of carbonyl (C=O) groups is 1. The second-order valence-corrected chi connectivity index (χ2v) is 3.89. The summed E-state index contributed by atoms with van der Waals surface area (Å²) < 4.78 is 14.5. The highest BCUT2D eigenvalue weighted by atomic mass is 19.1. The second-order valence-electron chi connectivity index (χ2n) is 3.89. The quantitative estimate of drug-likeness (QED) is 0.876. The Bertz CT molecular complexity index is 676. The predicted octanol–water partition coefficient (Wildman–Crippen LogP) is 1.52. The molecule has 4 nitrogen and oxygen atoms in total. The Kier molecular flexibility index (Phi) is 3.14. The Morgan fingerprint density at radius 3 is 2.72 bits per heavy atom. The van der Waals surface area contributed by atoms with E-state index in [-0.39, 0.29) is 17.2 Å². The highest BCUT2D eigenvalue weighted by molar-refractivity contribution is 5.96. The van der Waals surface area contributed by atoms with Crippen LogP contribution in [-0.2, 0) is 6.54 Å². The number of rotatable bonds is 2. The van der Waals surface area contributed by atoms with Crippen molar-refractivity contribution in [3.63, 3.8) is 0 Å². The molecule has 1 N–H and O–H groups in total. The van der Waals surface area contributed by atoms with Crippen molar-refractivity contribution in [1.82, 2.24) is 9.88 Å². The van der Waals surface area contributed by atoms with Gasteiger partial charge in [-0.2, -0.15) is 0 Å². The monoisotopic (exact) mass is 248 g/mol. The molecule has 94 valence electrons. The fourth-order valence-corrected chi connectivity index (χ4v) is 1.96. The summed E-state index contributed by atoms with van der Waals surface area (Å²) in [5.74, 6) is -0.792. The van der Waals surface area contributed by atoms with Crippen LogP contribution in [0.3, 0.4) is 0 Å². The van der Waals surface area contributed by atoms with Gasteiger partial charge in [0, 0.05) is 19.0 Å². The number of aromatic nitrogens is 1. The van der Waals surface area contributed by atoms with E-state index in [0.717, 1.165) is 0 Å². The van der Waals surface area contributed by atoms with Crippen molar-refractivity contribution in [1.29, 1.82) is 0 Å². The third-order valence-electron chi connectivity index (χ3n) is 2.85. The third kappa shape index (κ3) is 1.88. The van der Waals surface area contributed by atoms with Crippen LogP contribution in [0.4, 0.5) is 4.39 Å². The zero-order valence-electron chi connectivity index (χ0n) is 10.2. The van der Waals surface area contributed by atoms with Gasteiger partial charge in [-0.3, -0.25) is 9.59 Å². The van der Waals surface area contributed by atoms with Crippen molar-refractivity contribution in [2.24, 2.45) is 0 Å². The lowest BCUT2D eigenvalue weighted by molar-refractivity contribution is 0.0953. The van der Waals surface area contributed by atoms with Crippen LogP contribution in [0, 0.1) is 5.82 Å². The lowest BCUT2D eigenvalue weighted by Crippen LogP contribution is -2.30. The van der Waals surface area contributed by atoms with E-state index in [4.69, 9.17) is 0 Å². The Hall–Kier alpha value is -2.17. The first-order valence-electron chi connectivity index (χ1n) is 5.63. The molecule has 0 aliphatic rings. The summed E-state index contributed by atoms with van der Waals surface area (Å²) in [5.41, 5.74) is -0.0447. The molecule has 0 saturated heterocycles. The second kappa shape index (κ2) is 4.60. The molecule has 0 aliphatic heterocycles. The maximum atomic E-state index is 13.2. The summed E-state index contributed by atoms with van der Waals surface area (Å²) in [5, 5.41) is 3.31. The molecule has 0 atom stereocenters. The molecular formula is C13H13FN2O2. The zero-order valence-corrected chi connectivity index (χ0v) is 10.2. The first-order chi connectivity index (χ1) is 8.58. The predicted molar refractivity (Wildman–Crippen MR) is 67.2 cm³/mol. The highest BCUT2D eigenvalue weighted by Gasteiger charge is 2.13. The van der Waals surface area contributed by atoms with Crippen molar-refractivity contribution in [3.8, 4) is 0 Å². The number of nitrogens with zero attached hydrogens (tertiary/aromatic N) is 1. The van der Waals surface area contributed by atoms with Gasteiger partial charge in [0.15, 0.2) is 0 Å². The molecule has 1 amide bonds. The molecule has 0 spiro atoms. The van der Waals surface area contributed by atoms with E-state index in [1.807, 2.05) is 0 Å². The van der Waals surface area contributed by atoms with E-state index in [1.165, 1.54) is 35.9 Å². The van der Waals surface area contributed by atoms with E-state index < -0.39 is 5.82 Å². The summed E-state index contributed by atoms with van der Waals surface area (Å²) in [6.45, 7) is 2.16. The number of hydrogen-bond acceptors (Lipinski definition) is 2. The fourth-order valence-electron chi connectivity index (χ4n) is 1.96. The van der Waals surface area contributed by atoms with Crippen molar-refractivity contribution in [2.75, 3.05) is 7.05 Å². The van der Waals surface area contributed by atoms with Crippen LogP contribution < -0.4 is 10.9 Å². The van der Waals surface area contributed by atoms with Crippen LogP contribution in [0.2, 0.25) is 0 Å². The van der Waals surface area contributed by atoms with Gasteiger partial charge in [0.25, 0.3) is 11.5 Å². The van der Waals surface area contributed by atoms with Crippen LogP contribution in [0.1, 0.15) is 17.4 Å². The molecular weight excluding hydrogens is 235 g/mol. The molecule has 0 saturated carbocycles. The van der Waals surface area contributed by atoms with Crippen LogP contribution in [0.15, 0.2) is 29.1 Å². The molecule has 0 aliphatic carbocycles. The number of nitrogens with one attached hydrogen (secondary N) is 1. The number of benzene rings is 1. The molecule has 0 fully saturated rings. The number of amides is 1. The van der Waals surface area contributed by atoms with E-state index in [1.54, 1.807) is 6.92 Å². The lowest BCUT2D eigenvalue weighted by Gasteiger charge is -2.11. The zero-order chi connectivity index (χ0) is 13.3. The van der Waals surface area contributed by atoms with Gasteiger partial charge in [0.1, 0.15) is 11.5 Å². The molecule has 1 aromatic heterocycles. The average molecular weight is 248 g/mol. The van der Waals surface area contributed by atoms with Crippen molar-refractivity contribution >= 4 is 16.7 Å². The third-order valence-corrected chi connectivity index (χ3v) is 2.85. The van der Waals surface area contributed by atoms with Crippen molar-refractivity contribution in [2.45, 2.75) is 13.5 Å². The Labute approximate surface area is 103 Å². The SMILES string of the molecule is CCn1c(C(=O)NC)cc2cc(F)ccc2c1=O. The van der Waals surface area contributed by atoms with Gasteiger partial charge in [-0.05, 0) is 36.6 Å². The summed E-state index contributed by atoms with van der Waals surface area (Å²) in [7, 11) is 1.49. The van der Waals surface area contributed by atoms with Gasteiger partial charge in [-0.25, -0.2) is 4.39 Å². The first-order valence-corrected chi connectivity index (χ1v) is 5.63.